The van der Waals surface area contributed by atoms with Crippen molar-refractivity contribution in [1.82, 2.24) is 14.9 Å². The highest BCUT2D eigenvalue weighted by atomic mass is 16.5. The summed E-state index contributed by atoms with van der Waals surface area (Å²) in [6, 6.07) is 12.2. The Morgan fingerprint density at radius 2 is 1.71 bits per heavy atom. The molecule has 3 aromatic rings. The number of hydrogen-bond acceptors (Lipinski definition) is 7. The van der Waals surface area contributed by atoms with Crippen LogP contribution in [0.3, 0.4) is 0 Å². The van der Waals surface area contributed by atoms with Crippen molar-refractivity contribution in [3.8, 4) is 0 Å². The van der Waals surface area contributed by atoms with Gasteiger partial charge in [-0.05, 0) is 49.7 Å². The quantitative estimate of drug-likeness (QED) is 0.548. The van der Waals surface area contributed by atoms with E-state index in [9.17, 15) is 14.4 Å². The molecule has 1 fully saturated rings. The molecule has 3 heterocycles. The Morgan fingerprint density at radius 3 is 2.37 bits per heavy atom. The Bertz CT molecular complexity index is 1210. The van der Waals surface area contributed by atoms with Crippen molar-refractivity contribution in [3.63, 3.8) is 0 Å². The van der Waals surface area contributed by atoms with Gasteiger partial charge in [0.05, 0.1) is 23.4 Å². The second-order valence-electron chi connectivity index (χ2n) is 8.09. The van der Waals surface area contributed by atoms with Crippen LogP contribution in [0.5, 0.6) is 0 Å². The molecule has 35 heavy (non-hydrogen) atoms. The average Bonchev–Trinajstić information content (AvgIpc) is 2.90. The number of amides is 2. The van der Waals surface area contributed by atoms with Crippen LogP contribution in [-0.4, -0.2) is 65.4 Å². The zero-order valence-corrected chi connectivity index (χ0v) is 19.7. The molecular formula is C26H27N5O4. The van der Waals surface area contributed by atoms with E-state index in [1.807, 2.05) is 19.1 Å². The number of esters is 1. The third kappa shape index (κ3) is 5.46. The number of para-hydroxylation sites is 1. The van der Waals surface area contributed by atoms with Crippen LogP contribution < -0.4 is 10.2 Å². The summed E-state index contributed by atoms with van der Waals surface area (Å²) in [6.07, 6.45) is 4.62. The maximum Gasteiger partial charge on any atom is 0.339 e. The van der Waals surface area contributed by atoms with Crippen molar-refractivity contribution < 1.29 is 19.1 Å². The second kappa shape index (κ2) is 10.8. The van der Waals surface area contributed by atoms with E-state index in [2.05, 4.69) is 20.2 Å². The molecule has 9 nitrogen and oxygen atoms in total. The summed E-state index contributed by atoms with van der Waals surface area (Å²) in [5.74, 6) is -0.0835. The van der Waals surface area contributed by atoms with Crippen molar-refractivity contribution in [2.75, 3.05) is 43.0 Å². The second-order valence-corrected chi connectivity index (χ2v) is 8.09. The van der Waals surface area contributed by atoms with E-state index in [0.29, 0.717) is 55.2 Å². The van der Waals surface area contributed by atoms with Crippen molar-refractivity contribution in [2.45, 2.75) is 13.8 Å². The van der Waals surface area contributed by atoms with Gasteiger partial charge < -0.3 is 19.9 Å². The van der Waals surface area contributed by atoms with Crippen LogP contribution in [0.15, 0.2) is 61.1 Å². The molecule has 0 spiro atoms. The van der Waals surface area contributed by atoms with Gasteiger partial charge in [0.15, 0.2) is 0 Å². The number of hydrogen-bond donors (Lipinski definition) is 1. The average molecular weight is 474 g/mol. The molecule has 0 atom stereocenters. The Hall–Kier alpha value is -4.27. The monoisotopic (exact) mass is 473 g/mol. The van der Waals surface area contributed by atoms with Crippen molar-refractivity contribution >= 4 is 29.3 Å². The number of carbonyl (C=O) groups excluding carboxylic acids is 3. The normalized spacial score (nSPS) is 13.3. The number of pyridine rings is 2. The van der Waals surface area contributed by atoms with Gasteiger partial charge in [0.25, 0.3) is 11.8 Å². The van der Waals surface area contributed by atoms with E-state index in [1.165, 1.54) is 6.20 Å². The Kier molecular flexibility index (Phi) is 7.35. The Labute approximate surface area is 203 Å². The first-order valence-electron chi connectivity index (χ1n) is 11.5. The molecule has 1 aliphatic rings. The SMILES string of the molecule is CCOC(=O)c1ccc(N2CCN(C(=O)c3cccc(C)c3NC(=O)c3ccncc3)CC2)nc1. The molecule has 0 aliphatic carbocycles. The van der Waals surface area contributed by atoms with Crippen LogP contribution in [0.25, 0.3) is 0 Å². The highest BCUT2D eigenvalue weighted by Gasteiger charge is 2.26. The molecule has 0 radical (unpaired) electrons. The fourth-order valence-electron chi connectivity index (χ4n) is 3.92. The first-order valence-corrected chi connectivity index (χ1v) is 11.5. The van der Waals surface area contributed by atoms with Crippen LogP contribution in [0, 0.1) is 6.92 Å². The van der Waals surface area contributed by atoms with Gasteiger partial charge in [0, 0.05) is 50.3 Å². The summed E-state index contributed by atoms with van der Waals surface area (Å²) in [6.45, 7) is 6.14. The minimum absolute atomic E-state index is 0.135. The lowest BCUT2D eigenvalue weighted by atomic mass is 10.1. The molecule has 4 rings (SSSR count). The molecule has 1 aromatic carbocycles. The molecule has 9 heteroatoms. The number of benzene rings is 1. The largest absolute Gasteiger partial charge is 0.462 e. The van der Waals surface area contributed by atoms with Crippen LogP contribution in [-0.2, 0) is 4.74 Å². The van der Waals surface area contributed by atoms with Gasteiger partial charge in [-0.25, -0.2) is 9.78 Å². The molecule has 2 amide bonds. The Morgan fingerprint density at radius 1 is 0.971 bits per heavy atom. The number of aryl methyl sites for hydroxylation is 1. The van der Waals surface area contributed by atoms with Gasteiger partial charge in [0.2, 0.25) is 0 Å². The number of nitrogens with zero attached hydrogens (tertiary/aromatic N) is 4. The minimum Gasteiger partial charge on any atom is -0.462 e. The number of rotatable bonds is 6. The first-order chi connectivity index (χ1) is 17.0. The van der Waals surface area contributed by atoms with Gasteiger partial charge in [-0.15, -0.1) is 0 Å². The van der Waals surface area contributed by atoms with E-state index in [0.717, 1.165) is 11.4 Å². The molecule has 180 valence electrons. The summed E-state index contributed by atoms with van der Waals surface area (Å²) < 4.78 is 5.00. The van der Waals surface area contributed by atoms with Crippen molar-refractivity contribution in [2.24, 2.45) is 0 Å². The van der Waals surface area contributed by atoms with Gasteiger partial charge in [-0.2, -0.15) is 0 Å². The summed E-state index contributed by atoms with van der Waals surface area (Å²) >= 11 is 0. The van der Waals surface area contributed by atoms with Crippen LogP contribution in [0.4, 0.5) is 11.5 Å². The van der Waals surface area contributed by atoms with E-state index in [4.69, 9.17) is 4.74 Å². The van der Waals surface area contributed by atoms with Crippen LogP contribution in [0.2, 0.25) is 0 Å². The maximum absolute atomic E-state index is 13.4. The molecule has 0 saturated carbocycles. The molecule has 1 saturated heterocycles. The fraction of sp³-hybridized carbons (Fsp3) is 0.269. The zero-order chi connectivity index (χ0) is 24.8. The van der Waals surface area contributed by atoms with E-state index >= 15 is 0 Å². The van der Waals surface area contributed by atoms with E-state index in [1.54, 1.807) is 54.5 Å². The molecule has 1 N–H and O–H groups in total. The fourth-order valence-corrected chi connectivity index (χ4v) is 3.92. The summed E-state index contributed by atoms with van der Waals surface area (Å²) in [5.41, 5.74) is 2.65. The molecular weight excluding hydrogens is 446 g/mol. The Balaban J connectivity index is 1.43. The number of aromatic nitrogens is 2. The molecule has 0 bridgehead atoms. The van der Waals surface area contributed by atoms with Gasteiger partial charge in [0.1, 0.15) is 5.82 Å². The predicted octanol–water partition coefficient (Wildman–Crippen LogP) is 3.18. The number of nitrogens with one attached hydrogen (secondary N) is 1. The number of ether oxygens (including phenoxy) is 1. The molecule has 1 aliphatic heterocycles. The third-order valence-electron chi connectivity index (χ3n) is 5.83. The van der Waals surface area contributed by atoms with Crippen LogP contribution >= 0.6 is 0 Å². The van der Waals surface area contributed by atoms with Crippen LogP contribution in [0.1, 0.15) is 43.6 Å². The lowest BCUT2D eigenvalue weighted by Gasteiger charge is -2.35. The summed E-state index contributed by atoms with van der Waals surface area (Å²) in [4.78, 5) is 50.1. The smallest absolute Gasteiger partial charge is 0.339 e. The van der Waals surface area contributed by atoms with E-state index in [-0.39, 0.29) is 11.8 Å². The summed E-state index contributed by atoms with van der Waals surface area (Å²) in [7, 11) is 0. The molecule has 2 aromatic heterocycles. The van der Waals surface area contributed by atoms with Gasteiger partial charge in [-0.3, -0.25) is 14.6 Å². The topological polar surface area (TPSA) is 105 Å². The summed E-state index contributed by atoms with van der Waals surface area (Å²) in [5, 5.41) is 2.90. The number of anilines is 2. The number of carbonyl (C=O) groups is 3. The standard InChI is InChI=1S/C26H27N5O4/c1-3-35-26(34)20-7-8-22(28-17-20)30-13-15-31(16-14-30)25(33)21-6-4-5-18(2)23(21)29-24(32)19-9-11-27-12-10-19/h4-12,17H,3,13-16H2,1-2H3,(H,29,32). The minimum atomic E-state index is -0.396. The predicted molar refractivity (Wildman–Crippen MR) is 132 cm³/mol. The zero-order valence-electron chi connectivity index (χ0n) is 19.7. The number of piperazine rings is 1. The maximum atomic E-state index is 13.4. The lowest BCUT2D eigenvalue weighted by Crippen LogP contribution is -2.49. The highest BCUT2D eigenvalue weighted by Crippen LogP contribution is 2.24. The van der Waals surface area contributed by atoms with Gasteiger partial charge in [-0.1, -0.05) is 12.1 Å². The van der Waals surface area contributed by atoms with Crippen molar-refractivity contribution in [3.05, 3.63) is 83.3 Å². The molecule has 0 unspecified atom stereocenters. The first kappa shape index (κ1) is 23.9. The van der Waals surface area contributed by atoms with Gasteiger partial charge >= 0.3 is 5.97 Å². The lowest BCUT2D eigenvalue weighted by molar-refractivity contribution is 0.0525. The third-order valence-corrected chi connectivity index (χ3v) is 5.83. The highest BCUT2D eigenvalue weighted by molar-refractivity contribution is 6.09. The van der Waals surface area contributed by atoms with Crippen molar-refractivity contribution in [1.29, 1.82) is 0 Å². The van der Waals surface area contributed by atoms with E-state index < -0.39 is 5.97 Å².